The Hall–Kier alpha value is -0.830. The van der Waals surface area contributed by atoms with Crippen molar-refractivity contribution in [1.82, 2.24) is 9.78 Å². The second kappa shape index (κ2) is 4.69. The molecular formula is C14H19ClN2O. The summed E-state index contributed by atoms with van der Waals surface area (Å²) >= 11 is 6.34. The lowest BCUT2D eigenvalue weighted by atomic mass is 10.0. The molecule has 0 aliphatic heterocycles. The van der Waals surface area contributed by atoms with Crippen molar-refractivity contribution in [2.24, 2.45) is 5.92 Å². The first kappa shape index (κ1) is 12.2. The van der Waals surface area contributed by atoms with E-state index in [9.17, 15) is 4.79 Å². The molecule has 98 valence electrons. The number of hydrogen-bond acceptors (Lipinski definition) is 2. The molecule has 4 heteroatoms. The Morgan fingerprint density at radius 2 is 2.00 bits per heavy atom. The van der Waals surface area contributed by atoms with Crippen LogP contribution in [-0.4, -0.2) is 16.1 Å². The summed E-state index contributed by atoms with van der Waals surface area (Å²) in [5, 5.41) is 5.22. The van der Waals surface area contributed by atoms with Crippen LogP contribution in [0.3, 0.4) is 0 Å². The monoisotopic (exact) mass is 266 g/mol. The summed E-state index contributed by atoms with van der Waals surface area (Å²) in [5.74, 6) is 1.13. The maximum absolute atomic E-state index is 11.3. The summed E-state index contributed by atoms with van der Waals surface area (Å²) in [4.78, 5) is 11.3. The van der Waals surface area contributed by atoms with Crippen LogP contribution < -0.4 is 0 Å². The SMILES string of the molecule is CC(C1CC1)n1nc(C2CCCC2)c(C=O)c1Cl. The Balaban J connectivity index is 1.97. The molecule has 0 spiro atoms. The smallest absolute Gasteiger partial charge is 0.155 e. The van der Waals surface area contributed by atoms with Gasteiger partial charge in [0.05, 0.1) is 17.3 Å². The van der Waals surface area contributed by atoms with Gasteiger partial charge in [-0.1, -0.05) is 24.4 Å². The van der Waals surface area contributed by atoms with Gasteiger partial charge in [0.15, 0.2) is 6.29 Å². The zero-order valence-electron chi connectivity index (χ0n) is 10.7. The van der Waals surface area contributed by atoms with Crippen LogP contribution in [0.5, 0.6) is 0 Å². The van der Waals surface area contributed by atoms with Gasteiger partial charge in [-0.15, -0.1) is 0 Å². The van der Waals surface area contributed by atoms with Gasteiger partial charge in [-0.25, -0.2) is 4.68 Å². The van der Waals surface area contributed by atoms with Gasteiger partial charge in [-0.3, -0.25) is 4.79 Å². The van der Waals surface area contributed by atoms with Crippen LogP contribution in [0.1, 0.15) is 73.5 Å². The molecule has 0 bridgehead atoms. The molecule has 2 aliphatic carbocycles. The average molecular weight is 267 g/mol. The number of carbonyl (C=O) groups is 1. The molecule has 2 saturated carbocycles. The van der Waals surface area contributed by atoms with Crippen molar-refractivity contribution in [2.75, 3.05) is 0 Å². The molecule has 1 aromatic heterocycles. The second-order valence-corrected chi connectivity index (χ2v) is 6.07. The minimum absolute atomic E-state index is 0.325. The Labute approximate surface area is 113 Å². The van der Waals surface area contributed by atoms with Gasteiger partial charge in [0.1, 0.15) is 5.15 Å². The molecule has 2 fully saturated rings. The van der Waals surface area contributed by atoms with Crippen LogP contribution in [0.15, 0.2) is 0 Å². The van der Waals surface area contributed by atoms with E-state index in [4.69, 9.17) is 11.6 Å². The summed E-state index contributed by atoms with van der Waals surface area (Å²) in [6.45, 7) is 2.16. The molecule has 0 aromatic carbocycles. The van der Waals surface area contributed by atoms with E-state index < -0.39 is 0 Å². The molecule has 18 heavy (non-hydrogen) atoms. The molecule has 0 N–H and O–H groups in total. The third kappa shape index (κ3) is 1.99. The van der Waals surface area contributed by atoms with Crippen molar-refractivity contribution in [1.29, 1.82) is 0 Å². The topological polar surface area (TPSA) is 34.9 Å². The van der Waals surface area contributed by atoms with Gasteiger partial charge in [0.25, 0.3) is 0 Å². The minimum atomic E-state index is 0.325. The summed E-state index contributed by atoms with van der Waals surface area (Å²) < 4.78 is 1.89. The zero-order chi connectivity index (χ0) is 12.7. The van der Waals surface area contributed by atoms with E-state index in [2.05, 4.69) is 12.0 Å². The van der Waals surface area contributed by atoms with E-state index in [1.807, 2.05) is 4.68 Å². The van der Waals surface area contributed by atoms with Crippen molar-refractivity contribution >= 4 is 17.9 Å². The van der Waals surface area contributed by atoms with Crippen LogP contribution in [-0.2, 0) is 0 Å². The van der Waals surface area contributed by atoms with Gasteiger partial charge in [0, 0.05) is 5.92 Å². The minimum Gasteiger partial charge on any atom is -0.298 e. The van der Waals surface area contributed by atoms with E-state index in [-0.39, 0.29) is 0 Å². The first-order chi connectivity index (χ1) is 8.72. The summed E-state index contributed by atoms with van der Waals surface area (Å²) in [6.07, 6.45) is 8.17. The van der Waals surface area contributed by atoms with Crippen molar-refractivity contribution in [2.45, 2.75) is 57.4 Å². The van der Waals surface area contributed by atoms with Crippen molar-refractivity contribution in [3.8, 4) is 0 Å². The van der Waals surface area contributed by atoms with Gasteiger partial charge in [0.2, 0.25) is 0 Å². The predicted octanol–water partition coefficient (Wildman–Crippen LogP) is 3.98. The van der Waals surface area contributed by atoms with E-state index in [1.54, 1.807) is 0 Å². The van der Waals surface area contributed by atoms with Gasteiger partial charge >= 0.3 is 0 Å². The standard InChI is InChI=1S/C14H19ClN2O/c1-9(10-6-7-10)17-14(15)12(8-18)13(16-17)11-4-2-3-5-11/h8-11H,2-7H2,1H3. The number of nitrogens with zero attached hydrogens (tertiary/aromatic N) is 2. The Bertz CT molecular complexity index is 459. The van der Waals surface area contributed by atoms with Gasteiger partial charge in [-0.05, 0) is 38.5 Å². The summed E-state index contributed by atoms with van der Waals surface area (Å²) in [7, 11) is 0. The predicted molar refractivity (Wildman–Crippen MR) is 71.3 cm³/mol. The average Bonchev–Trinajstić information content (AvgIpc) is 2.97. The lowest BCUT2D eigenvalue weighted by Gasteiger charge is -2.12. The van der Waals surface area contributed by atoms with E-state index in [0.29, 0.717) is 28.6 Å². The maximum Gasteiger partial charge on any atom is 0.155 e. The first-order valence-electron chi connectivity index (χ1n) is 6.95. The second-order valence-electron chi connectivity index (χ2n) is 5.71. The van der Waals surface area contributed by atoms with Crippen LogP contribution in [0, 0.1) is 5.92 Å². The van der Waals surface area contributed by atoms with Gasteiger partial charge < -0.3 is 0 Å². The van der Waals surface area contributed by atoms with E-state index in [1.165, 1.54) is 25.7 Å². The largest absolute Gasteiger partial charge is 0.298 e. The molecule has 3 rings (SSSR count). The molecule has 1 atom stereocenters. The zero-order valence-corrected chi connectivity index (χ0v) is 11.5. The number of aromatic nitrogens is 2. The van der Waals surface area contributed by atoms with E-state index in [0.717, 1.165) is 24.8 Å². The number of aldehydes is 1. The highest BCUT2D eigenvalue weighted by Gasteiger charge is 2.33. The van der Waals surface area contributed by atoms with Crippen LogP contribution in [0.2, 0.25) is 5.15 Å². The lowest BCUT2D eigenvalue weighted by molar-refractivity contribution is 0.112. The summed E-state index contributed by atoms with van der Waals surface area (Å²) in [5.41, 5.74) is 1.58. The third-order valence-electron chi connectivity index (χ3n) is 4.46. The molecule has 0 amide bonds. The van der Waals surface area contributed by atoms with Crippen LogP contribution >= 0.6 is 11.6 Å². The lowest BCUT2D eigenvalue weighted by Crippen LogP contribution is -2.09. The highest BCUT2D eigenvalue weighted by molar-refractivity contribution is 6.32. The Morgan fingerprint density at radius 1 is 1.33 bits per heavy atom. The summed E-state index contributed by atoms with van der Waals surface area (Å²) in [6, 6.07) is 0.325. The molecule has 1 heterocycles. The Morgan fingerprint density at radius 3 is 2.56 bits per heavy atom. The van der Waals surface area contributed by atoms with Crippen LogP contribution in [0.25, 0.3) is 0 Å². The normalized spacial score (nSPS) is 22.3. The van der Waals surface area contributed by atoms with Gasteiger partial charge in [-0.2, -0.15) is 5.10 Å². The fourth-order valence-electron chi connectivity index (χ4n) is 3.10. The molecule has 1 aromatic rings. The molecule has 1 unspecified atom stereocenters. The third-order valence-corrected chi connectivity index (χ3v) is 4.84. The quantitative estimate of drug-likeness (QED) is 0.773. The fraction of sp³-hybridized carbons (Fsp3) is 0.714. The van der Waals surface area contributed by atoms with Crippen LogP contribution in [0.4, 0.5) is 0 Å². The molecule has 0 radical (unpaired) electrons. The Kier molecular flexibility index (Phi) is 3.18. The highest BCUT2D eigenvalue weighted by Crippen LogP contribution is 2.43. The maximum atomic E-state index is 11.3. The molecule has 2 aliphatic rings. The molecular weight excluding hydrogens is 248 g/mol. The number of hydrogen-bond donors (Lipinski definition) is 0. The highest BCUT2D eigenvalue weighted by atomic mass is 35.5. The van der Waals surface area contributed by atoms with Crippen molar-refractivity contribution in [3.63, 3.8) is 0 Å². The number of rotatable bonds is 4. The fourth-order valence-corrected chi connectivity index (χ4v) is 3.43. The number of halogens is 1. The molecule has 3 nitrogen and oxygen atoms in total. The van der Waals surface area contributed by atoms with Crippen molar-refractivity contribution < 1.29 is 4.79 Å². The molecule has 0 saturated heterocycles. The first-order valence-corrected chi connectivity index (χ1v) is 7.33. The number of carbonyl (C=O) groups excluding carboxylic acids is 1. The van der Waals surface area contributed by atoms with Crippen molar-refractivity contribution in [3.05, 3.63) is 16.4 Å². The van der Waals surface area contributed by atoms with E-state index >= 15 is 0 Å².